The summed E-state index contributed by atoms with van der Waals surface area (Å²) in [4.78, 5) is 12.0. The summed E-state index contributed by atoms with van der Waals surface area (Å²) >= 11 is 0. The van der Waals surface area contributed by atoms with E-state index in [1.165, 1.54) is 19.3 Å². The second-order valence-corrected chi connectivity index (χ2v) is 5.55. The molecule has 1 N–H and O–H groups in total. The second-order valence-electron chi connectivity index (χ2n) is 5.55. The highest BCUT2D eigenvalue weighted by atomic mass is 16.1. The van der Waals surface area contributed by atoms with Gasteiger partial charge in [-0.05, 0) is 43.7 Å². The molecule has 0 radical (unpaired) electrons. The normalized spacial score (nSPS) is 30.1. The molecule has 1 aliphatic carbocycles. The Bertz CT molecular complexity index is 243. The van der Waals surface area contributed by atoms with Crippen molar-refractivity contribution in [1.82, 2.24) is 5.32 Å². The standard InChI is InChI=1S/C13H23NO/c1-3-10(2)8-12(15)11-9-13(11)4-6-14-7-5-13/h10-11,14H,3-9H2,1-2H3. The molecule has 0 aromatic heterocycles. The maximum atomic E-state index is 12.0. The van der Waals surface area contributed by atoms with Crippen molar-refractivity contribution in [3.8, 4) is 0 Å². The Hall–Kier alpha value is -0.370. The van der Waals surface area contributed by atoms with Gasteiger partial charge in [-0.15, -0.1) is 0 Å². The molecule has 1 spiro atoms. The van der Waals surface area contributed by atoms with Gasteiger partial charge in [-0.25, -0.2) is 0 Å². The molecule has 2 rings (SSSR count). The van der Waals surface area contributed by atoms with Gasteiger partial charge in [0.25, 0.3) is 0 Å². The van der Waals surface area contributed by atoms with Crippen LogP contribution in [0.25, 0.3) is 0 Å². The van der Waals surface area contributed by atoms with Crippen molar-refractivity contribution in [2.24, 2.45) is 17.3 Å². The summed E-state index contributed by atoms with van der Waals surface area (Å²) in [5.41, 5.74) is 0.440. The van der Waals surface area contributed by atoms with E-state index in [1.807, 2.05) is 0 Å². The smallest absolute Gasteiger partial charge is 0.136 e. The SMILES string of the molecule is CCC(C)CC(=O)C1CC12CCNCC2. The van der Waals surface area contributed by atoms with Crippen LogP contribution in [0, 0.1) is 17.3 Å². The van der Waals surface area contributed by atoms with Crippen LogP contribution in [0.1, 0.15) is 46.0 Å². The maximum absolute atomic E-state index is 12.0. The minimum Gasteiger partial charge on any atom is -0.317 e. The number of hydrogen-bond donors (Lipinski definition) is 1. The Labute approximate surface area is 92.8 Å². The summed E-state index contributed by atoms with van der Waals surface area (Å²) in [7, 11) is 0. The van der Waals surface area contributed by atoms with Gasteiger partial charge in [0.05, 0.1) is 0 Å². The topological polar surface area (TPSA) is 29.1 Å². The lowest BCUT2D eigenvalue weighted by Gasteiger charge is -2.23. The largest absolute Gasteiger partial charge is 0.317 e. The molecule has 1 heterocycles. The molecule has 2 aliphatic rings. The summed E-state index contributed by atoms with van der Waals surface area (Å²) in [6.07, 6.45) is 5.58. The molecule has 2 fully saturated rings. The van der Waals surface area contributed by atoms with Gasteiger partial charge in [-0.3, -0.25) is 4.79 Å². The van der Waals surface area contributed by atoms with Crippen molar-refractivity contribution in [3.05, 3.63) is 0 Å². The van der Waals surface area contributed by atoms with Gasteiger partial charge < -0.3 is 5.32 Å². The van der Waals surface area contributed by atoms with Crippen LogP contribution in [0.5, 0.6) is 0 Å². The second kappa shape index (κ2) is 4.25. The van der Waals surface area contributed by atoms with E-state index in [-0.39, 0.29) is 0 Å². The Morgan fingerprint density at radius 2 is 2.13 bits per heavy atom. The Morgan fingerprint density at radius 1 is 1.47 bits per heavy atom. The van der Waals surface area contributed by atoms with Crippen molar-refractivity contribution in [2.75, 3.05) is 13.1 Å². The maximum Gasteiger partial charge on any atom is 0.136 e. The zero-order chi connectivity index (χ0) is 10.9. The summed E-state index contributed by atoms with van der Waals surface area (Å²) in [5, 5.41) is 3.38. The van der Waals surface area contributed by atoms with Crippen LogP contribution in [-0.4, -0.2) is 18.9 Å². The number of rotatable bonds is 4. The first kappa shape index (κ1) is 11.1. The molecule has 0 aromatic carbocycles. The quantitative estimate of drug-likeness (QED) is 0.770. The van der Waals surface area contributed by atoms with E-state index in [1.54, 1.807) is 0 Å². The molecule has 2 atom stereocenters. The van der Waals surface area contributed by atoms with Gasteiger partial charge in [0.2, 0.25) is 0 Å². The minimum absolute atomic E-state index is 0.425. The summed E-state index contributed by atoms with van der Waals surface area (Å²) in [6, 6.07) is 0. The van der Waals surface area contributed by atoms with Crippen molar-refractivity contribution in [1.29, 1.82) is 0 Å². The molecule has 1 saturated heterocycles. The third-order valence-electron chi connectivity index (χ3n) is 4.42. The van der Waals surface area contributed by atoms with Crippen LogP contribution in [-0.2, 0) is 4.79 Å². The number of carbonyl (C=O) groups is 1. The number of hydrogen-bond acceptors (Lipinski definition) is 2. The van der Waals surface area contributed by atoms with Crippen molar-refractivity contribution in [2.45, 2.75) is 46.0 Å². The monoisotopic (exact) mass is 209 g/mol. The van der Waals surface area contributed by atoms with Crippen LogP contribution < -0.4 is 5.32 Å². The highest BCUT2D eigenvalue weighted by molar-refractivity contribution is 5.84. The molecule has 1 aliphatic heterocycles. The molecule has 0 amide bonds. The number of ketones is 1. The minimum atomic E-state index is 0.425. The van der Waals surface area contributed by atoms with Crippen LogP contribution in [0.15, 0.2) is 0 Å². The zero-order valence-corrected chi connectivity index (χ0v) is 10.0. The fraction of sp³-hybridized carbons (Fsp3) is 0.923. The lowest BCUT2D eigenvalue weighted by molar-refractivity contribution is -0.122. The van der Waals surface area contributed by atoms with Gasteiger partial charge >= 0.3 is 0 Å². The summed E-state index contributed by atoms with van der Waals surface area (Å²) < 4.78 is 0. The van der Waals surface area contributed by atoms with Crippen LogP contribution >= 0.6 is 0 Å². The fourth-order valence-corrected chi connectivity index (χ4v) is 2.91. The number of carbonyl (C=O) groups excluding carboxylic acids is 1. The Balaban J connectivity index is 1.84. The molecule has 0 bridgehead atoms. The number of Topliss-reactive ketones (excluding diaryl/α,β-unsaturated/α-hetero) is 1. The predicted octanol–water partition coefficient (Wildman–Crippen LogP) is 2.38. The predicted molar refractivity (Wildman–Crippen MR) is 61.7 cm³/mol. The van der Waals surface area contributed by atoms with E-state index in [0.717, 1.165) is 25.9 Å². The van der Waals surface area contributed by atoms with E-state index < -0.39 is 0 Å². The number of piperidine rings is 1. The molecule has 2 nitrogen and oxygen atoms in total. The first-order valence-electron chi connectivity index (χ1n) is 6.41. The third-order valence-corrected chi connectivity index (χ3v) is 4.42. The highest BCUT2D eigenvalue weighted by Gasteiger charge is 2.56. The average Bonchev–Trinajstić information content (AvgIpc) is 2.93. The lowest BCUT2D eigenvalue weighted by Crippen LogP contribution is -2.30. The first-order chi connectivity index (χ1) is 7.18. The molecule has 1 saturated carbocycles. The molecule has 2 heteroatoms. The molecule has 0 aromatic rings. The molecule has 86 valence electrons. The van der Waals surface area contributed by atoms with E-state index in [2.05, 4.69) is 19.2 Å². The number of nitrogens with one attached hydrogen (secondary N) is 1. The average molecular weight is 209 g/mol. The Morgan fingerprint density at radius 3 is 2.73 bits per heavy atom. The highest BCUT2D eigenvalue weighted by Crippen LogP contribution is 2.59. The Kier molecular flexibility index (Phi) is 3.15. The van der Waals surface area contributed by atoms with Gasteiger partial charge in [-0.2, -0.15) is 0 Å². The van der Waals surface area contributed by atoms with Crippen molar-refractivity contribution >= 4 is 5.78 Å². The summed E-state index contributed by atoms with van der Waals surface area (Å²) in [6.45, 7) is 6.60. The molecule has 15 heavy (non-hydrogen) atoms. The van der Waals surface area contributed by atoms with E-state index in [4.69, 9.17) is 0 Å². The first-order valence-corrected chi connectivity index (χ1v) is 6.41. The lowest BCUT2D eigenvalue weighted by atomic mass is 9.88. The van der Waals surface area contributed by atoms with Crippen molar-refractivity contribution in [3.63, 3.8) is 0 Å². The molecule has 2 unspecified atom stereocenters. The fourth-order valence-electron chi connectivity index (χ4n) is 2.91. The third kappa shape index (κ3) is 2.25. The van der Waals surface area contributed by atoms with Gasteiger partial charge in [0.1, 0.15) is 5.78 Å². The van der Waals surface area contributed by atoms with Gasteiger partial charge in [0.15, 0.2) is 0 Å². The van der Waals surface area contributed by atoms with Crippen LogP contribution in [0.2, 0.25) is 0 Å². The van der Waals surface area contributed by atoms with Gasteiger partial charge in [-0.1, -0.05) is 20.3 Å². The van der Waals surface area contributed by atoms with Gasteiger partial charge in [0, 0.05) is 12.3 Å². The molecular formula is C13H23NO. The van der Waals surface area contributed by atoms with E-state index in [0.29, 0.717) is 23.0 Å². The van der Waals surface area contributed by atoms with Crippen LogP contribution in [0.4, 0.5) is 0 Å². The molecular weight excluding hydrogens is 186 g/mol. The van der Waals surface area contributed by atoms with Crippen molar-refractivity contribution < 1.29 is 4.79 Å². The van der Waals surface area contributed by atoms with Crippen LogP contribution in [0.3, 0.4) is 0 Å². The van der Waals surface area contributed by atoms with E-state index in [9.17, 15) is 4.79 Å². The zero-order valence-electron chi connectivity index (χ0n) is 10.0. The summed E-state index contributed by atoms with van der Waals surface area (Å²) in [5.74, 6) is 1.55. The van der Waals surface area contributed by atoms with E-state index >= 15 is 0 Å².